The Morgan fingerprint density at radius 1 is 1.07 bits per heavy atom. The predicted octanol–water partition coefficient (Wildman–Crippen LogP) is 2.67. The summed E-state index contributed by atoms with van der Waals surface area (Å²) in [4.78, 5) is 47.8. The smallest absolute Gasteiger partial charge is 0.291 e. The number of piperazine rings is 1. The van der Waals surface area contributed by atoms with E-state index in [0.29, 0.717) is 49.5 Å². The van der Waals surface area contributed by atoms with Crippen LogP contribution in [0.5, 0.6) is 5.75 Å². The van der Waals surface area contributed by atoms with Gasteiger partial charge in [0.15, 0.2) is 24.0 Å². The van der Waals surface area contributed by atoms with E-state index in [1.165, 1.54) is 29.9 Å². The molecule has 42 heavy (non-hydrogen) atoms. The van der Waals surface area contributed by atoms with Gasteiger partial charge in [-0.2, -0.15) is 9.65 Å². The number of aromatic nitrogens is 2. The molecule has 0 spiro atoms. The highest BCUT2D eigenvalue weighted by molar-refractivity contribution is 6.03. The van der Waals surface area contributed by atoms with E-state index in [4.69, 9.17) is 10.00 Å². The number of anilines is 1. The first-order valence-electron chi connectivity index (χ1n) is 13.2. The number of nitrogens with one attached hydrogen (secondary N) is 1. The van der Waals surface area contributed by atoms with Gasteiger partial charge in [-0.25, -0.2) is 9.37 Å². The predicted molar refractivity (Wildman–Crippen MR) is 150 cm³/mol. The van der Waals surface area contributed by atoms with Crippen LogP contribution in [0.1, 0.15) is 26.5 Å². The molecule has 1 N–H and O–H groups in total. The number of nitrogens with zero attached hydrogens (tertiary/aromatic N) is 6. The normalized spacial score (nSPS) is 13.2. The highest BCUT2D eigenvalue weighted by Gasteiger charge is 2.26. The Labute approximate surface area is 241 Å². The fourth-order valence-electron chi connectivity index (χ4n) is 4.69. The van der Waals surface area contributed by atoms with Crippen LogP contribution < -0.4 is 10.1 Å². The second-order valence-electron chi connectivity index (χ2n) is 10.1. The summed E-state index contributed by atoms with van der Waals surface area (Å²) in [6.45, 7) is 3.44. The van der Waals surface area contributed by atoms with E-state index in [9.17, 15) is 23.2 Å². The molecule has 2 aromatic carbocycles. The molecule has 3 amide bonds. The maximum absolute atomic E-state index is 14.8. The maximum atomic E-state index is 14.8. The van der Waals surface area contributed by atoms with Crippen LogP contribution >= 0.6 is 0 Å². The van der Waals surface area contributed by atoms with Crippen LogP contribution in [0.25, 0.3) is 11.3 Å². The molecule has 3 aromatic rings. The molecule has 1 saturated heterocycles. The standard InChI is InChI=1S/C29H31F2N7O4/c1-18-15-19(5-6-20(18)29(41)38-12-10-37(11-13-38)24(39)17-35(2)3)34-28(40)27-33-16-22(36(27)4)21-7-8-23(42-14-9-32)26(31)25(21)30/h5-8,15-16H,10-14,17H2,1-4H3,(H,34,40). The fraction of sp³-hybridized carbons (Fsp3) is 0.345. The number of carbonyl (C=O) groups is 3. The Morgan fingerprint density at radius 3 is 2.40 bits per heavy atom. The van der Waals surface area contributed by atoms with Gasteiger partial charge in [-0.3, -0.25) is 14.4 Å². The van der Waals surface area contributed by atoms with Crippen LogP contribution in [0.3, 0.4) is 0 Å². The first-order valence-corrected chi connectivity index (χ1v) is 13.2. The Hall–Kier alpha value is -4.83. The number of benzene rings is 2. The molecule has 0 bridgehead atoms. The number of nitriles is 1. The van der Waals surface area contributed by atoms with Gasteiger partial charge in [-0.15, -0.1) is 0 Å². The number of aryl methyl sites for hydroxylation is 1. The second kappa shape index (κ2) is 12.8. The van der Waals surface area contributed by atoms with Crippen molar-refractivity contribution >= 4 is 23.4 Å². The van der Waals surface area contributed by atoms with Crippen molar-refractivity contribution in [1.29, 1.82) is 5.26 Å². The third kappa shape index (κ3) is 6.39. The Bertz CT molecular complexity index is 1560. The van der Waals surface area contributed by atoms with Crippen molar-refractivity contribution in [1.82, 2.24) is 24.3 Å². The molecular formula is C29H31F2N7O4. The maximum Gasteiger partial charge on any atom is 0.291 e. The van der Waals surface area contributed by atoms with Gasteiger partial charge in [0.1, 0.15) is 6.07 Å². The number of hydrogen-bond acceptors (Lipinski definition) is 7. The minimum Gasteiger partial charge on any atom is -0.476 e. The van der Waals surface area contributed by atoms with E-state index in [2.05, 4.69) is 10.3 Å². The Balaban J connectivity index is 1.43. The number of amides is 3. The SMILES string of the molecule is Cc1cc(NC(=O)c2ncc(-c3ccc(OCC#N)c(F)c3F)n2C)ccc1C(=O)N1CCN(C(=O)CN(C)C)CC1. The lowest BCUT2D eigenvalue weighted by Crippen LogP contribution is -2.52. The highest BCUT2D eigenvalue weighted by atomic mass is 19.2. The van der Waals surface area contributed by atoms with Crippen molar-refractivity contribution in [2.24, 2.45) is 7.05 Å². The van der Waals surface area contributed by atoms with Crippen molar-refractivity contribution in [2.45, 2.75) is 6.92 Å². The van der Waals surface area contributed by atoms with Crippen molar-refractivity contribution < 1.29 is 27.9 Å². The van der Waals surface area contributed by atoms with Crippen LogP contribution in [0.4, 0.5) is 14.5 Å². The van der Waals surface area contributed by atoms with Gasteiger partial charge < -0.3 is 29.3 Å². The highest BCUT2D eigenvalue weighted by Crippen LogP contribution is 2.30. The van der Waals surface area contributed by atoms with Gasteiger partial charge in [-0.05, 0) is 56.9 Å². The van der Waals surface area contributed by atoms with Crippen LogP contribution in [-0.4, -0.2) is 95.4 Å². The summed E-state index contributed by atoms with van der Waals surface area (Å²) in [5.74, 6) is -3.60. The molecule has 0 radical (unpaired) electrons. The van der Waals surface area contributed by atoms with E-state index in [1.54, 1.807) is 41.0 Å². The zero-order valence-corrected chi connectivity index (χ0v) is 23.8. The first kappa shape index (κ1) is 30.1. The van der Waals surface area contributed by atoms with Gasteiger partial charge in [-0.1, -0.05) is 0 Å². The van der Waals surface area contributed by atoms with E-state index in [-0.39, 0.29) is 28.9 Å². The number of rotatable bonds is 8. The second-order valence-corrected chi connectivity index (χ2v) is 10.1. The number of imidazole rings is 1. The molecule has 1 aliphatic rings. The lowest BCUT2D eigenvalue weighted by atomic mass is 10.1. The van der Waals surface area contributed by atoms with Crippen LogP contribution in [0.15, 0.2) is 36.5 Å². The van der Waals surface area contributed by atoms with E-state index < -0.39 is 29.9 Å². The molecule has 0 unspecified atom stereocenters. The van der Waals surface area contributed by atoms with E-state index >= 15 is 0 Å². The molecule has 1 fully saturated rings. The molecule has 220 valence electrons. The lowest BCUT2D eigenvalue weighted by molar-refractivity contribution is -0.133. The number of ether oxygens (including phenoxy) is 1. The lowest BCUT2D eigenvalue weighted by Gasteiger charge is -2.35. The average Bonchev–Trinajstić information content (AvgIpc) is 3.34. The summed E-state index contributed by atoms with van der Waals surface area (Å²) in [7, 11) is 5.16. The molecule has 1 aromatic heterocycles. The van der Waals surface area contributed by atoms with Gasteiger partial charge >= 0.3 is 0 Å². The van der Waals surface area contributed by atoms with Gasteiger partial charge in [0, 0.05) is 50.0 Å². The number of hydrogen-bond donors (Lipinski definition) is 1. The molecule has 11 nitrogen and oxygen atoms in total. The monoisotopic (exact) mass is 579 g/mol. The largest absolute Gasteiger partial charge is 0.476 e. The Morgan fingerprint density at radius 2 is 1.76 bits per heavy atom. The van der Waals surface area contributed by atoms with Crippen molar-refractivity contribution in [2.75, 3.05) is 58.7 Å². The molecule has 0 atom stereocenters. The summed E-state index contributed by atoms with van der Waals surface area (Å²) in [5, 5.41) is 11.3. The van der Waals surface area contributed by atoms with Crippen LogP contribution in [0.2, 0.25) is 0 Å². The molecule has 4 rings (SSSR count). The zero-order valence-electron chi connectivity index (χ0n) is 23.8. The summed E-state index contributed by atoms with van der Waals surface area (Å²) >= 11 is 0. The molecule has 2 heterocycles. The first-order chi connectivity index (χ1) is 20.0. The molecular weight excluding hydrogens is 548 g/mol. The van der Waals surface area contributed by atoms with Gasteiger partial charge in [0.2, 0.25) is 11.7 Å². The molecule has 13 heteroatoms. The third-order valence-electron chi connectivity index (χ3n) is 6.89. The number of halogens is 2. The minimum absolute atomic E-state index is 0.0278. The molecule has 0 saturated carbocycles. The quantitative estimate of drug-likeness (QED) is 0.435. The fourth-order valence-corrected chi connectivity index (χ4v) is 4.69. The molecule has 1 aliphatic heterocycles. The minimum atomic E-state index is -1.25. The topological polar surface area (TPSA) is 124 Å². The molecule has 0 aliphatic carbocycles. The summed E-state index contributed by atoms with van der Waals surface area (Å²) in [5.41, 5.74) is 1.59. The van der Waals surface area contributed by atoms with Gasteiger partial charge in [0.25, 0.3) is 11.8 Å². The van der Waals surface area contributed by atoms with Crippen LogP contribution in [-0.2, 0) is 11.8 Å². The summed E-state index contributed by atoms with van der Waals surface area (Å²) in [6, 6.07) is 9.08. The summed E-state index contributed by atoms with van der Waals surface area (Å²) < 4.78 is 35.4. The van der Waals surface area contributed by atoms with Crippen molar-refractivity contribution in [3.8, 4) is 23.1 Å². The van der Waals surface area contributed by atoms with Crippen LogP contribution in [0, 0.1) is 29.9 Å². The van der Waals surface area contributed by atoms with E-state index in [0.717, 1.165) is 0 Å². The van der Waals surface area contributed by atoms with Crippen molar-refractivity contribution in [3.05, 3.63) is 65.1 Å². The summed E-state index contributed by atoms with van der Waals surface area (Å²) in [6.07, 6.45) is 1.25. The average molecular weight is 580 g/mol. The Kier molecular flexibility index (Phi) is 9.17. The zero-order chi connectivity index (χ0) is 30.6. The van der Waals surface area contributed by atoms with E-state index in [1.807, 2.05) is 19.0 Å². The van der Waals surface area contributed by atoms with Crippen molar-refractivity contribution in [3.63, 3.8) is 0 Å². The third-order valence-corrected chi connectivity index (χ3v) is 6.89. The number of likely N-dealkylation sites (N-methyl/N-ethyl adjacent to an activating group) is 1. The number of carbonyl (C=O) groups excluding carboxylic acids is 3. The van der Waals surface area contributed by atoms with Gasteiger partial charge in [0.05, 0.1) is 18.4 Å².